The minimum Gasteiger partial charge on any atom is -0.462 e. The van der Waals surface area contributed by atoms with Crippen molar-refractivity contribution in [1.82, 2.24) is 0 Å². The summed E-state index contributed by atoms with van der Waals surface area (Å²) in [5.74, 6) is -0.900. The molecule has 0 fully saturated rings. The first kappa shape index (κ1) is 54.6. The summed E-state index contributed by atoms with van der Waals surface area (Å²) in [5, 5.41) is 0. The Hall–Kier alpha value is -2.37. The maximum Gasteiger partial charge on any atom is 0.306 e. The van der Waals surface area contributed by atoms with Gasteiger partial charge in [0.15, 0.2) is 6.10 Å². The van der Waals surface area contributed by atoms with Gasteiger partial charge >= 0.3 is 17.9 Å². The Morgan fingerprint density at radius 1 is 0.351 bits per heavy atom. The summed E-state index contributed by atoms with van der Waals surface area (Å²) < 4.78 is 16.7. The standard InChI is InChI=1S/C51H92O6/c1-4-7-10-13-16-19-21-23-25-27-28-30-32-35-38-41-44-50(53)56-47-48(46-55-49(52)43-40-37-34-18-15-12-9-6-3)57-51(54)45-42-39-36-33-31-29-26-24-22-20-17-14-11-8-5-2/h17,20,24-27,48H,4-16,18-19,21-23,28-47H2,1-3H3/b20-17-,26-24-,27-25-. The Morgan fingerprint density at radius 2 is 0.632 bits per heavy atom. The number of esters is 3. The number of carbonyl (C=O) groups is 3. The highest BCUT2D eigenvalue weighted by molar-refractivity contribution is 5.71. The number of hydrogen-bond donors (Lipinski definition) is 0. The van der Waals surface area contributed by atoms with Gasteiger partial charge in [-0.2, -0.15) is 0 Å². The van der Waals surface area contributed by atoms with E-state index in [1.165, 1.54) is 122 Å². The quantitative estimate of drug-likeness (QED) is 0.0264. The van der Waals surface area contributed by atoms with Crippen LogP contribution in [0.4, 0.5) is 0 Å². The zero-order valence-corrected chi connectivity index (χ0v) is 37.9. The number of ether oxygens (including phenoxy) is 3. The van der Waals surface area contributed by atoms with Crippen LogP contribution in [0.2, 0.25) is 0 Å². The molecule has 0 rings (SSSR count). The van der Waals surface area contributed by atoms with Gasteiger partial charge in [0.05, 0.1) is 0 Å². The lowest BCUT2D eigenvalue weighted by Gasteiger charge is -2.18. The molecule has 0 aromatic rings. The van der Waals surface area contributed by atoms with Crippen molar-refractivity contribution in [3.05, 3.63) is 36.5 Å². The molecule has 0 bridgehead atoms. The molecule has 0 amide bonds. The Labute approximate surface area is 353 Å². The van der Waals surface area contributed by atoms with Crippen LogP contribution in [-0.2, 0) is 28.6 Å². The minimum atomic E-state index is -0.777. The molecule has 0 aromatic heterocycles. The zero-order valence-electron chi connectivity index (χ0n) is 37.9. The second-order valence-corrected chi connectivity index (χ2v) is 16.4. The van der Waals surface area contributed by atoms with E-state index in [4.69, 9.17) is 14.2 Å². The van der Waals surface area contributed by atoms with Crippen molar-refractivity contribution in [3.63, 3.8) is 0 Å². The number of carbonyl (C=O) groups excluding carboxylic acids is 3. The lowest BCUT2D eigenvalue weighted by Crippen LogP contribution is -2.30. The fourth-order valence-electron chi connectivity index (χ4n) is 6.88. The molecule has 57 heavy (non-hydrogen) atoms. The van der Waals surface area contributed by atoms with Gasteiger partial charge in [-0.1, -0.05) is 192 Å². The maximum atomic E-state index is 12.7. The van der Waals surface area contributed by atoms with Crippen LogP contribution in [0.15, 0.2) is 36.5 Å². The van der Waals surface area contributed by atoms with Gasteiger partial charge in [0.2, 0.25) is 0 Å². The lowest BCUT2D eigenvalue weighted by molar-refractivity contribution is -0.167. The first-order valence-electron chi connectivity index (χ1n) is 24.5. The highest BCUT2D eigenvalue weighted by Gasteiger charge is 2.19. The molecule has 0 aliphatic carbocycles. The lowest BCUT2D eigenvalue weighted by atomic mass is 10.1. The third-order valence-corrected chi connectivity index (χ3v) is 10.6. The van der Waals surface area contributed by atoms with Crippen molar-refractivity contribution in [1.29, 1.82) is 0 Å². The molecule has 0 aliphatic heterocycles. The molecule has 1 atom stereocenters. The number of allylic oxidation sites excluding steroid dienone is 6. The van der Waals surface area contributed by atoms with Gasteiger partial charge in [-0.3, -0.25) is 14.4 Å². The first-order chi connectivity index (χ1) is 28.0. The predicted molar refractivity (Wildman–Crippen MR) is 242 cm³/mol. The fraction of sp³-hybridized carbons (Fsp3) is 0.824. The van der Waals surface area contributed by atoms with Crippen LogP contribution in [0.25, 0.3) is 0 Å². The molecular formula is C51H92O6. The van der Waals surface area contributed by atoms with E-state index in [1.807, 2.05) is 0 Å². The van der Waals surface area contributed by atoms with E-state index < -0.39 is 6.10 Å². The van der Waals surface area contributed by atoms with Gasteiger partial charge in [0.25, 0.3) is 0 Å². The summed E-state index contributed by atoms with van der Waals surface area (Å²) in [5.41, 5.74) is 0. The van der Waals surface area contributed by atoms with Crippen LogP contribution in [0.3, 0.4) is 0 Å². The topological polar surface area (TPSA) is 78.9 Å². The molecule has 0 aromatic carbocycles. The Morgan fingerprint density at radius 3 is 1.02 bits per heavy atom. The van der Waals surface area contributed by atoms with Gasteiger partial charge < -0.3 is 14.2 Å². The van der Waals surface area contributed by atoms with Crippen molar-refractivity contribution < 1.29 is 28.6 Å². The van der Waals surface area contributed by atoms with Crippen molar-refractivity contribution in [3.8, 4) is 0 Å². The summed E-state index contributed by atoms with van der Waals surface area (Å²) >= 11 is 0. The van der Waals surface area contributed by atoms with Crippen LogP contribution in [0.1, 0.15) is 252 Å². The second-order valence-electron chi connectivity index (χ2n) is 16.4. The van der Waals surface area contributed by atoms with E-state index in [1.54, 1.807) is 0 Å². The molecule has 1 unspecified atom stereocenters. The predicted octanol–water partition coefficient (Wildman–Crippen LogP) is 15.8. The Balaban J connectivity index is 4.33. The maximum absolute atomic E-state index is 12.7. The van der Waals surface area contributed by atoms with Crippen molar-refractivity contribution in [2.24, 2.45) is 0 Å². The van der Waals surface area contributed by atoms with E-state index in [-0.39, 0.29) is 31.1 Å². The summed E-state index contributed by atoms with van der Waals surface area (Å²) in [6.45, 7) is 6.57. The van der Waals surface area contributed by atoms with Crippen molar-refractivity contribution in [2.75, 3.05) is 13.2 Å². The van der Waals surface area contributed by atoms with Crippen LogP contribution in [0, 0.1) is 0 Å². The third-order valence-electron chi connectivity index (χ3n) is 10.6. The molecule has 0 spiro atoms. The number of unbranched alkanes of at least 4 members (excludes halogenated alkanes) is 27. The average molecular weight is 801 g/mol. The normalized spacial score (nSPS) is 12.3. The molecule has 0 saturated carbocycles. The Kier molecular flexibility index (Phi) is 44.4. The van der Waals surface area contributed by atoms with E-state index in [2.05, 4.69) is 57.2 Å². The molecule has 0 saturated heterocycles. The summed E-state index contributed by atoms with van der Waals surface area (Å²) in [4.78, 5) is 37.7. The van der Waals surface area contributed by atoms with Crippen LogP contribution in [-0.4, -0.2) is 37.2 Å². The first-order valence-corrected chi connectivity index (χ1v) is 24.5. The largest absolute Gasteiger partial charge is 0.462 e. The van der Waals surface area contributed by atoms with Gasteiger partial charge in [0.1, 0.15) is 13.2 Å². The van der Waals surface area contributed by atoms with E-state index in [0.29, 0.717) is 19.3 Å². The van der Waals surface area contributed by atoms with Crippen LogP contribution < -0.4 is 0 Å². The third kappa shape index (κ3) is 44.6. The molecular weight excluding hydrogens is 709 g/mol. The van der Waals surface area contributed by atoms with Gasteiger partial charge in [-0.15, -0.1) is 0 Å². The highest BCUT2D eigenvalue weighted by atomic mass is 16.6. The molecule has 0 heterocycles. The minimum absolute atomic E-state index is 0.0788. The summed E-state index contributed by atoms with van der Waals surface area (Å²) in [7, 11) is 0. The molecule has 0 aliphatic rings. The fourth-order valence-corrected chi connectivity index (χ4v) is 6.88. The van der Waals surface area contributed by atoms with Gasteiger partial charge in [-0.05, 0) is 77.0 Å². The molecule has 0 N–H and O–H groups in total. The molecule has 6 heteroatoms. The Bertz CT molecular complexity index is 969. The SMILES string of the molecule is CCCCC/C=C\C/C=C\CCCCCCCC(=O)OC(COC(=O)CCCCCCC/C=C\CCCCCCCCC)COC(=O)CCCCCCCCCC. The zero-order chi connectivity index (χ0) is 41.5. The summed E-state index contributed by atoms with van der Waals surface area (Å²) in [6.07, 6.45) is 52.7. The smallest absolute Gasteiger partial charge is 0.306 e. The van der Waals surface area contributed by atoms with Crippen molar-refractivity contribution in [2.45, 2.75) is 258 Å². The van der Waals surface area contributed by atoms with Gasteiger partial charge in [0, 0.05) is 19.3 Å². The monoisotopic (exact) mass is 801 g/mol. The van der Waals surface area contributed by atoms with E-state index in [0.717, 1.165) is 89.9 Å². The van der Waals surface area contributed by atoms with Crippen LogP contribution in [0.5, 0.6) is 0 Å². The second kappa shape index (κ2) is 46.3. The average Bonchev–Trinajstić information content (AvgIpc) is 3.21. The highest BCUT2D eigenvalue weighted by Crippen LogP contribution is 2.14. The van der Waals surface area contributed by atoms with Gasteiger partial charge in [-0.25, -0.2) is 0 Å². The van der Waals surface area contributed by atoms with Crippen LogP contribution >= 0.6 is 0 Å². The van der Waals surface area contributed by atoms with E-state index in [9.17, 15) is 14.4 Å². The number of hydrogen-bond acceptors (Lipinski definition) is 6. The van der Waals surface area contributed by atoms with Crippen molar-refractivity contribution >= 4 is 17.9 Å². The molecule has 0 radical (unpaired) electrons. The molecule has 6 nitrogen and oxygen atoms in total. The molecule has 332 valence electrons. The van der Waals surface area contributed by atoms with E-state index >= 15 is 0 Å². The number of rotatable bonds is 44. The summed E-state index contributed by atoms with van der Waals surface area (Å²) in [6, 6.07) is 0.